The number of carbonyl (C=O) groups is 1. The average Bonchev–Trinajstić information content (AvgIpc) is 3.25. The van der Waals surface area contributed by atoms with Crippen LogP contribution in [-0.2, 0) is 15.4 Å². The molecule has 3 N–H and O–H groups in total. The number of methoxy groups -OCH3 is 1. The van der Waals surface area contributed by atoms with E-state index in [1.807, 2.05) is 0 Å². The largest absolute Gasteiger partial charge is 0.494 e. The van der Waals surface area contributed by atoms with E-state index in [2.05, 4.69) is 20.0 Å². The molecule has 0 saturated carbocycles. The molecule has 1 unspecified atom stereocenters. The van der Waals surface area contributed by atoms with Gasteiger partial charge in [-0.3, -0.25) is 19.1 Å². The molecule has 36 heavy (non-hydrogen) atoms. The first kappa shape index (κ1) is 25.0. The molecule has 0 saturated heterocycles. The van der Waals surface area contributed by atoms with Gasteiger partial charge in [0.05, 0.1) is 24.2 Å². The van der Waals surface area contributed by atoms with Crippen LogP contribution in [0.25, 0.3) is 0 Å². The van der Waals surface area contributed by atoms with Crippen molar-refractivity contribution in [2.45, 2.75) is 36.7 Å². The van der Waals surface area contributed by atoms with Crippen molar-refractivity contribution < 1.29 is 36.7 Å². The van der Waals surface area contributed by atoms with Gasteiger partial charge >= 0.3 is 11.8 Å². The van der Waals surface area contributed by atoms with E-state index < -0.39 is 39.2 Å². The summed E-state index contributed by atoms with van der Waals surface area (Å²) in [6.07, 6.45) is -1.81. The molecule has 1 aliphatic rings. The summed E-state index contributed by atoms with van der Waals surface area (Å²) in [4.78, 5) is 24.8. The second-order valence-corrected chi connectivity index (χ2v) is 10.6. The third kappa shape index (κ3) is 4.84. The lowest BCUT2D eigenvalue weighted by atomic mass is 9.85. The normalized spacial score (nSPS) is 15.7. The first-order valence-corrected chi connectivity index (χ1v) is 12.1. The number of benzene rings is 2. The van der Waals surface area contributed by atoms with Gasteiger partial charge in [-0.2, -0.15) is 0 Å². The molecule has 0 fully saturated rings. The zero-order valence-corrected chi connectivity index (χ0v) is 20.3. The molecule has 192 valence electrons. The second-order valence-electron chi connectivity index (χ2n) is 8.72. The van der Waals surface area contributed by atoms with Gasteiger partial charge in [0, 0.05) is 17.2 Å². The van der Waals surface area contributed by atoms with Crippen LogP contribution in [0.1, 0.15) is 26.1 Å². The lowest BCUT2D eigenvalue weighted by Crippen LogP contribution is -2.45. The number of anilines is 2. The van der Waals surface area contributed by atoms with Gasteiger partial charge in [-0.05, 0) is 36.8 Å². The minimum atomic E-state index is -4.28. The van der Waals surface area contributed by atoms with Crippen LogP contribution >= 0.6 is 0 Å². The van der Waals surface area contributed by atoms with E-state index in [-0.39, 0.29) is 46.6 Å². The number of hydrogen-bond acceptors (Lipinski definition) is 8. The predicted octanol–water partition coefficient (Wildman–Crippen LogP) is 2.92. The van der Waals surface area contributed by atoms with Crippen LogP contribution in [0.4, 0.5) is 20.6 Å². The van der Waals surface area contributed by atoms with E-state index in [1.165, 1.54) is 25.3 Å². The molecule has 0 radical (unpaired) electrons. The van der Waals surface area contributed by atoms with Crippen molar-refractivity contribution in [2.75, 3.05) is 23.3 Å². The van der Waals surface area contributed by atoms with Crippen molar-refractivity contribution in [3.8, 4) is 11.5 Å². The lowest BCUT2D eigenvalue weighted by molar-refractivity contribution is 0.159. The number of halogens is 1. The smallest absolute Gasteiger partial charge is 0.438 e. The van der Waals surface area contributed by atoms with E-state index >= 15 is 0 Å². The molecule has 12 nitrogen and oxygen atoms in total. The molecular weight excluding hydrogens is 499 g/mol. The Kier molecular flexibility index (Phi) is 6.39. The molecule has 1 atom stereocenters. The van der Waals surface area contributed by atoms with Gasteiger partial charge in [0.1, 0.15) is 11.9 Å². The van der Waals surface area contributed by atoms with E-state index in [0.29, 0.717) is 0 Å². The quantitative estimate of drug-likeness (QED) is 0.423. The first-order valence-electron chi connectivity index (χ1n) is 10.6. The number of ether oxygens (including phenoxy) is 2. The number of carboxylic acid groups (broad SMARTS) is 1. The Hall–Kier alpha value is -4.07. The summed E-state index contributed by atoms with van der Waals surface area (Å²) in [5, 5.41) is 15.0. The Bertz CT molecular complexity index is 1470. The molecule has 14 heteroatoms. The first-order chi connectivity index (χ1) is 16.9. The van der Waals surface area contributed by atoms with Gasteiger partial charge in [-0.1, -0.05) is 19.0 Å². The number of nitrogens with zero attached hydrogens (tertiary/aromatic N) is 2. The fourth-order valence-electron chi connectivity index (χ4n) is 3.96. The van der Waals surface area contributed by atoms with E-state index in [4.69, 9.17) is 14.6 Å². The molecule has 1 amide bonds. The minimum absolute atomic E-state index is 0.0911. The standard InChI is InChI=1S/C22H23FN4O8S/c1-22(2,19-25-21(30)35-26-19)10-13-11-27(16-8-12(24-20(28)29)4-7-17(16)34-13)36(31,32)14-5-6-15(23)18(9-14)33-3/h4-9,13,24H,10-11H2,1-3H3,(H,28,29)(H,25,26,30). The Morgan fingerprint density at radius 1 is 1.33 bits per heavy atom. The maximum Gasteiger partial charge on any atom is 0.438 e. The number of aromatic amines is 1. The third-order valence-electron chi connectivity index (χ3n) is 5.67. The van der Waals surface area contributed by atoms with Gasteiger partial charge in [0.25, 0.3) is 10.0 Å². The molecule has 1 aliphatic heterocycles. The van der Waals surface area contributed by atoms with Gasteiger partial charge < -0.3 is 14.6 Å². The summed E-state index contributed by atoms with van der Waals surface area (Å²) < 4.78 is 58.1. The number of fused-ring (bicyclic) bond motifs is 1. The van der Waals surface area contributed by atoms with Crippen molar-refractivity contribution in [3.05, 3.63) is 58.6 Å². The number of amides is 1. The summed E-state index contributed by atoms with van der Waals surface area (Å²) in [6, 6.07) is 7.38. The number of rotatable bonds is 7. The number of H-pyrrole nitrogens is 1. The number of nitrogens with one attached hydrogen (secondary N) is 2. The van der Waals surface area contributed by atoms with Gasteiger partial charge in [-0.15, -0.1) is 0 Å². The summed E-state index contributed by atoms with van der Waals surface area (Å²) >= 11 is 0. The van der Waals surface area contributed by atoms with Gasteiger partial charge in [-0.25, -0.2) is 22.4 Å². The maximum absolute atomic E-state index is 14.0. The predicted molar refractivity (Wildman–Crippen MR) is 125 cm³/mol. The highest BCUT2D eigenvalue weighted by molar-refractivity contribution is 7.92. The summed E-state index contributed by atoms with van der Waals surface area (Å²) in [7, 11) is -3.06. The van der Waals surface area contributed by atoms with Crippen LogP contribution in [-0.4, -0.2) is 49.5 Å². The van der Waals surface area contributed by atoms with Crippen LogP contribution in [0.3, 0.4) is 0 Å². The third-order valence-corrected chi connectivity index (χ3v) is 7.45. The monoisotopic (exact) mass is 522 g/mol. The molecule has 0 bridgehead atoms. The summed E-state index contributed by atoms with van der Waals surface area (Å²) in [5.41, 5.74) is -0.553. The zero-order chi connectivity index (χ0) is 26.3. The molecule has 1 aromatic heterocycles. The fraction of sp³-hybridized carbons (Fsp3) is 0.318. The molecular formula is C22H23FN4O8S. The van der Waals surface area contributed by atoms with E-state index in [1.54, 1.807) is 13.8 Å². The van der Waals surface area contributed by atoms with Crippen LogP contribution in [0.2, 0.25) is 0 Å². The van der Waals surface area contributed by atoms with E-state index in [0.717, 1.165) is 22.5 Å². The van der Waals surface area contributed by atoms with Crippen molar-refractivity contribution in [2.24, 2.45) is 0 Å². The fourth-order valence-corrected chi connectivity index (χ4v) is 5.48. The zero-order valence-electron chi connectivity index (χ0n) is 19.4. The summed E-state index contributed by atoms with van der Waals surface area (Å²) in [5.74, 6) is -1.25. The highest BCUT2D eigenvalue weighted by Gasteiger charge is 2.39. The van der Waals surface area contributed by atoms with E-state index in [9.17, 15) is 22.4 Å². The molecule has 0 aliphatic carbocycles. The average molecular weight is 523 g/mol. The maximum atomic E-state index is 14.0. The Balaban J connectivity index is 1.76. The van der Waals surface area contributed by atoms with Gasteiger partial charge in [0.2, 0.25) is 0 Å². The highest BCUT2D eigenvalue weighted by atomic mass is 32.2. The Labute approximate surface area is 204 Å². The van der Waals surface area contributed by atoms with Crippen LogP contribution < -0.4 is 24.9 Å². The second kappa shape index (κ2) is 9.18. The van der Waals surface area contributed by atoms with Crippen LogP contribution in [0.15, 0.2) is 50.6 Å². The topological polar surface area (TPSA) is 164 Å². The summed E-state index contributed by atoms with van der Waals surface area (Å²) in [6.45, 7) is 3.39. The van der Waals surface area contributed by atoms with Crippen molar-refractivity contribution in [3.63, 3.8) is 0 Å². The Morgan fingerprint density at radius 2 is 2.08 bits per heavy atom. The van der Waals surface area contributed by atoms with Crippen LogP contribution in [0, 0.1) is 5.82 Å². The SMILES string of the molecule is COc1cc(S(=O)(=O)N2CC(CC(C)(C)c3noc(=O)[nH]3)Oc3ccc(NC(=O)O)cc32)ccc1F. The molecule has 2 aromatic carbocycles. The molecule has 4 rings (SSSR count). The number of hydrogen-bond donors (Lipinski definition) is 3. The Morgan fingerprint density at radius 3 is 2.72 bits per heavy atom. The van der Waals surface area contributed by atoms with Crippen LogP contribution in [0.5, 0.6) is 11.5 Å². The number of sulfonamides is 1. The highest BCUT2D eigenvalue weighted by Crippen LogP contribution is 2.41. The van der Waals surface area contributed by atoms with Crippen molar-refractivity contribution in [1.29, 1.82) is 0 Å². The van der Waals surface area contributed by atoms with Crippen molar-refractivity contribution >= 4 is 27.5 Å². The molecule has 0 spiro atoms. The number of aromatic nitrogens is 2. The van der Waals surface area contributed by atoms with Gasteiger partial charge in [0.15, 0.2) is 17.4 Å². The molecule has 2 heterocycles. The minimum Gasteiger partial charge on any atom is -0.494 e. The lowest BCUT2D eigenvalue weighted by Gasteiger charge is -2.38. The van der Waals surface area contributed by atoms with Crippen molar-refractivity contribution in [1.82, 2.24) is 10.1 Å². The molecule has 3 aromatic rings.